The molecule has 4 heterocycles. The van der Waals surface area contributed by atoms with Crippen molar-refractivity contribution in [2.24, 2.45) is 0 Å². The predicted octanol–water partition coefficient (Wildman–Crippen LogP) is 1.89. The Morgan fingerprint density at radius 3 is 2.88 bits per heavy atom. The average molecular weight is 592 g/mol. The van der Waals surface area contributed by atoms with Crippen LogP contribution >= 0.6 is 0 Å². The summed E-state index contributed by atoms with van der Waals surface area (Å²) in [6.45, 7) is 7.89. The lowest BCUT2D eigenvalue weighted by Gasteiger charge is -2.35. The molecule has 6 rings (SSSR count). The molecule has 0 saturated heterocycles. The van der Waals surface area contributed by atoms with Crippen molar-refractivity contribution in [3.8, 4) is 0 Å². The van der Waals surface area contributed by atoms with Crippen molar-refractivity contribution in [1.29, 1.82) is 0 Å². The number of rotatable bonds is 9. The van der Waals surface area contributed by atoms with Gasteiger partial charge in [-0.05, 0) is 53.7 Å². The van der Waals surface area contributed by atoms with Crippen LogP contribution in [0.3, 0.4) is 0 Å². The molecule has 0 radical (unpaired) electrons. The van der Waals surface area contributed by atoms with Crippen LogP contribution in [0.25, 0.3) is 11.8 Å². The van der Waals surface area contributed by atoms with Gasteiger partial charge in [-0.1, -0.05) is 50.3 Å². The third kappa shape index (κ3) is 4.99. The summed E-state index contributed by atoms with van der Waals surface area (Å²) in [5, 5.41) is 23.1. The van der Waals surface area contributed by atoms with Crippen molar-refractivity contribution in [2.75, 3.05) is 19.8 Å². The van der Waals surface area contributed by atoms with Crippen molar-refractivity contribution < 1.29 is 34.1 Å². The number of aliphatic hydroxyl groups excluding tert-OH is 1. The molecule has 1 aromatic heterocycles. The van der Waals surface area contributed by atoms with E-state index in [2.05, 4.69) is 42.8 Å². The molecular weight excluding hydrogens is 554 g/mol. The molecule has 1 aliphatic carbocycles. The van der Waals surface area contributed by atoms with Crippen LogP contribution in [0.15, 0.2) is 41.2 Å². The number of aryl methyl sites for hydroxylation is 1. The molecule has 0 bridgehead atoms. The summed E-state index contributed by atoms with van der Waals surface area (Å²) in [6.07, 6.45) is 5.95. The first-order chi connectivity index (χ1) is 20.1. The number of carbonyl (C=O) groups is 2. The third-order valence-corrected chi connectivity index (χ3v) is 12.3. The lowest BCUT2D eigenvalue weighted by atomic mass is 9.80. The van der Waals surface area contributed by atoms with Crippen molar-refractivity contribution in [1.82, 2.24) is 15.0 Å². The zero-order chi connectivity index (χ0) is 29.6. The molecule has 3 aliphatic heterocycles. The number of carbonyl (C=O) groups excluding carboxylic acids is 2. The SMILES string of the molecule is CCC1(O)C(=O)OCC2=C1Cc1nc3n(c1=C2O)Cc1c(cccc1CC[Si](C)(C)CCCOC(=O)C1=CCNO1)C=3. The average Bonchev–Trinajstić information content (AvgIpc) is 3.64. The lowest BCUT2D eigenvalue weighted by molar-refractivity contribution is -0.163. The predicted molar refractivity (Wildman–Crippen MR) is 157 cm³/mol. The number of cyclic esters (lactones) is 1. The zero-order valence-electron chi connectivity index (χ0n) is 24.3. The van der Waals surface area contributed by atoms with Crippen LogP contribution in [0.2, 0.25) is 25.2 Å². The number of nitrogens with one attached hydrogen (secondary N) is 1. The second-order valence-electron chi connectivity index (χ2n) is 12.2. The lowest BCUT2D eigenvalue weighted by Crippen LogP contribution is -2.49. The first-order valence-electron chi connectivity index (χ1n) is 14.6. The summed E-state index contributed by atoms with van der Waals surface area (Å²) in [7, 11) is -1.56. The van der Waals surface area contributed by atoms with Crippen LogP contribution in [-0.2, 0) is 43.3 Å². The van der Waals surface area contributed by atoms with E-state index in [0.717, 1.165) is 36.0 Å². The molecule has 0 amide bonds. The standard InChI is InChI=1S/C31H37N3O7Si/c1-4-31(38)23-16-24-27(28(35)22(23)18-40-30(31)37)34-17-21-19(7-5-8-20(21)15-26(34)33-24)10-14-42(2,3)13-6-12-39-29(36)25-9-11-32-41-25/h5,7-9,15,32,35,38H,4,6,10-14,16-18H2,1-3H3. The Bertz CT molecular complexity index is 1650. The molecular formula is C31H37N3O7Si. The minimum Gasteiger partial charge on any atom is -0.505 e. The van der Waals surface area contributed by atoms with Crippen LogP contribution < -0.4 is 16.3 Å². The van der Waals surface area contributed by atoms with Crippen LogP contribution in [0.1, 0.15) is 42.1 Å². The van der Waals surface area contributed by atoms with Crippen molar-refractivity contribution in [3.63, 3.8) is 0 Å². The topological polar surface area (TPSA) is 132 Å². The summed E-state index contributed by atoms with van der Waals surface area (Å²) in [5.41, 5.74) is 6.88. The van der Waals surface area contributed by atoms with Gasteiger partial charge < -0.3 is 29.1 Å². The van der Waals surface area contributed by atoms with Crippen LogP contribution in [0, 0.1) is 0 Å². The highest BCUT2D eigenvalue weighted by atomic mass is 28.3. The quantitative estimate of drug-likeness (QED) is 0.194. The molecule has 3 N–H and O–H groups in total. The number of aliphatic hydroxyl groups is 2. The molecule has 0 spiro atoms. The van der Waals surface area contributed by atoms with E-state index in [1.165, 1.54) is 11.1 Å². The van der Waals surface area contributed by atoms with Gasteiger partial charge in [0.05, 0.1) is 25.4 Å². The monoisotopic (exact) mass is 591 g/mol. The van der Waals surface area contributed by atoms with Crippen LogP contribution in [-0.4, -0.2) is 65.1 Å². The van der Waals surface area contributed by atoms with E-state index in [1.807, 2.05) is 4.57 Å². The number of hydroxylamine groups is 1. The Kier molecular flexibility index (Phi) is 7.36. The van der Waals surface area contributed by atoms with Gasteiger partial charge in [0.2, 0.25) is 5.76 Å². The van der Waals surface area contributed by atoms with Gasteiger partial charge in [-0.2, -0.15) is 5.48 Å². The summed E-state index contributed by atoms with van der Waals surface area (Å²) >= 11 is 0. The number of nitrogens with zero attached hydrogens (tertiary/aromatic N) is 2. The fourth-order valence-electron chi connectivity index (χ4n) is 6.35. The molecule has 4 aliphatic rings. The van der Waals surface area contributed by atoms with Gasteiger partial charge in [0, 0.05) is 20.1 Å². The maximum Gasteiger partial charge on any atom is 0.375 e. The van der Waals surface area contributed by atoms with E-state index in [0.29, 0.717) is 48.3 Å². The third-order valence-electron chi connectivity index (χ3n) is 8.95. The minimum atomic E-state index is -1.75. The first-order valence-corrected chi connectivity index (χ1v) is 18.0. The van der Waals surface area contributed by atoms with Crippen LogP contribution in [0.4, 0.5) is 0 Å². The highest BCUT2D eigenvalue weighted by Crippen LogP contribution is 2.36. The number of esters is 2. The summed E-state index contributed by atoms with van der Waals surface area (Å²) in [4.78, 5) is 34.3. The van der Waals surface area contributed by atoms with Gasteiger partial charge in [0.1, 0.15) is 23.2 Å². The van der Waals surface area contributed by atoms with Gasteiger partial charge in [0.15, 0.2) is 5.60 Å². The molecule has 0 saturated carbocycles. The maximum atomic E-state index is 12.4. The smallest absolute Gasteiger partial charge is 0.375 e. The molecule has 10 nitrogen and oxygen atoms in total. The van der Waals surface area contributed by atoms with E-state index >= 15 is 0 Å². The van der Waals surface area contributed by atoms with E-state index in [1.54, 1.807) is 13.0 Å². The normalized spacial score (nSPS) is 20.9. The molecule has 2 aromatic rings. The van der Waals surface area contributed by atoms with Gasteiger partial charge in [-0.25, -0.2) is 14.6 Å². The van der Waals surface area contributed by atoms with E-state index in [9.17, 15) is 19.8 Å². The largest absolute Gasteiger partial charge is 0.505 e. The minimum absolute atomic E-state index is 0.0278. The Labute approximate surface area is 245 Å². The van der Waals surface area contributed by atoms with E-state index < -0.39 is 25.6 Å². The number of fused-ring (bicyclic) bond motifs is 4. The Morgan fingerprint density at radius 2 is 2.12 bits per heavy atom. The molecule has 11 heteroatoms. The number of imidazole rings is 1. The number of benzene rings is 1. The fourth-order valence-corrected chi connectivity index (χ4v) is 8.65. The van der Waals surface area contributed by atoms with Crippen LogP contribution in [0.5, 0.6) is 0 Å². The highest BCUT2D eigenvalue weighted by molar-refractivity contribution is 6.77. The van der Waals surface area contributed by atoms with Gasteiger partial charge >= 0.3 is 11.9 Å². The Hall–Kier alpha value is -3.67. The number of ether oxygens (including phenoxy) is 2. The number of hydrogen-bond donors (Lipinski definition) is 3. The summed E-state index contributed by atoms with van der Waals surface area (Å²) in [5.74, 6) is -0.838. The summed E-state index contributed by atoms with van der Waals surface area (Å²) < 4.78 is 12.7. The molecule has 42 heavy (non-hydrogen) atoms. The molecule has 222 valence electrons. The number of aromatic nitrogens is 2. The van der Waals surface area contributed by atoms with Crippen molar-refractivity contribution in [2.45, 2.75) is 69.9 Å². The zero-order valence-corrected chi connectivity index (χ0v) is 25.3. The fraction of sp³-hybridized carbons (Fsp3) is 0.452. The second kappa shape index (κ2) is 10.9. The second-order valence-corrected chi connectivity index (χ2v) is 17.5. The van der Waals surface area contributed by atoms with Gasteiger partial charge in [-0.3, -0.25) is 0 Å². The molecule has 1 unspecified atom stereocenters. The van der Waals surface area contributed by atoms with E-state index in [4.69, 9.17) is 19.3 Å². The first kappa shape index (κ1) is 28.4. The van der Waals surface area contributed by atoms with Crippen molar-refractivity contribution >= 4 is 31.8 Å². The Balaban J connectivity index is 1.18. The highest BCUT2D eigenvalue weighted by Gasteiger charge is 2.47. The van der Waals surface area contributed by atoms with E-state index in [-0.39, 0.29) is 24.5 Å². The maximum absolute atomic E-state index is 12.4. The Morgan fingerprint density at radius 1 is 1.29 bits per heavy atom. The summed E-state index contributed by atoms with van der Waals surface area (Å²) in [6, 6.07) is 8.51. The molecule has 1 atom stereocenters. The van der Waals surface area contributed by atoms with Crippen molar-refractivity contribution in [3.05, 3.63) is 74.4 Å². The number of hydrogen-bond acceptors (Lipinski definition) is 9. The van der Waals surface area contributed by atoms with Gasteiger partial charge in [-0.15, -0.1) is 0 Å². The molecule has 1 aromatic carbocycles. The molecule has 0 fully saturated rings. The van der Waals surface area contributed by atoms with Gasteiger partial charge in [0.25, 0.3) is 0 Å².